The van der Waals surface area contributed by atoms with Crippen molar-refractivity contribution in [1.29, 1.82) is 0 Å². The molecule has 0 atom stereocenters. The number of nitrogens with zero attached hydrogens (tertiary/aromatic N) is 3. The lowest BCUT2D eigenvalue weighted by molar-refractivity contribution is 0.350. The average Bonchev–Trinajstić information content (AvgIpc) is 3.07. The minimum Gasteiger partial charge on any atom is -0.459 e. The monoisotopic (exact) mass is 280 g/mol. The Hall–Kier alpha value is -1.89. The number of hydrogen-bond donors (Lipinski definition) is 1. The summed E-state index contributed by atoms with van der Waals surface area (Å²) in [6, 6.07) is 3.55. The van der Waals surface area contributed by atoms with Gasteiger partial charge in [0.15, 0.2) is 10.9 Å². The van der Waals surface area contributed by atoms with E-state index in [4.69, 9.17) is 21.1 Å². The third-order valence-corrected chi connectivity index (χ3v) is 2.98. The van der Waals surface area contributed by atoms with Crippen molar-refractivity contribution in [2.75, 3.05) is 13.6 Å². The highest BCUT2D eigenvalue weighted by molar-refractivity contribution is 7.80. The molecule has 2 aromatic heterocycles. The summed E-state index contributed by atoms with van der Waals surface area (Å²) in [6.45, 7) is 3.41. The fourth-order valence-electron chi connectivity index (χ4n) is 1.66. The molecule has 6 nitrogen and oxygen atoms in total. The van der Waals surface area contributed by atoms with Crippen molar-refractivity contribution in [1.82, 2.24) is 20.4 Å². The van der Waals surface area contributed by atoms with Gasteiger partial charge in [0, 0.05) is 13.6 Å². The Morgan fingerprint density at radius 2 is 2.32 bits per heavy atom. The third-order valence-electron chi connectivity index (χ3n) is 2.52. The summed E-state index contributed by atoms with van der Waals surface area (Å²) in [5.74, 6) is 1.46. The van der Waals surface area contributed by atoms with E-state index in [0.29, 0.717) is 29.2 Å². The molecule has 1 N–H and O–H groups in total. The van der Waals surface area contributed by atoms with Crippen LogP contribution in [0.4, 0.5) is 0 Å². The maximum atomic E-state index is 5.55. The molecule has 0 aliphatic rings. The van der Waals surface area contributed by atoms with Crippen LogP contribution < -0.4 is 5.32 Å². The molecule has 0 saturated carbocycles. The van der Waals surface area contributed by atoms with E-state index < -0.39 is 0 Å². The Kier molecular flexibility index (Phi) is 4.51. The number of hydrogen-bond acceptors (Lipinski definition) is 5. The van der Waals surface area contributed by atoms with Gasteiger partial charge in [-0.2, -0.15) is 0 Å². The van der Waals surface area contributed by atoms with Crippen LogP contribution in [0.1, 0.15) is 19.2 Å². The van der Waals surface area contributed by atoms with Crippen molar-refractivity contribution in [3.05, 3.63) is 24.3 Å². The molecule has 0 fully saturated rings. The Balaban J connectivity index is 2.07. The third kappa shape index (κ3) is 3.31. The van der Waals surface area contributed by atoms with Crippen molar-refractivity contribution >= 4 is 17.3 Å². The molecule has 0 unspecified atom stereocenters. The van der Waals surface area contributed by atoms with Gasteiger partial charge in [-0.15, -0.1) is 10.2 Å². The van der Waals surface area contributed by atoms with Gasteiger partial charge in [-0.25, -0.2) is 0 Å². The highest BCUT2D eigenvalue weighted by Crippen LogP contribution is 2.18. The fourth-order valence-corrected chi connectivity index (χ4v) is 1.82. The van der Waals surface area contributed by atoms with Crippen LogP contribution in [0.25, 0.3) is 11.7 Å². The second kappa shape index (κ2) is 6.33. The van der Waals surface area contributed by atoms with Crippen LogP contribution >= 0.6 is 12.2 Å². The van der Waals surface area contributed by atoms with Crippen molar-refractivity contribution < 1.29 is 8.83 Å². The first kappa shape index (κ1) is 13.5. The van der Waals surface area contributed by atoms with E-state index in [0.717, 1.165) is 13.0 Å². The lowest BCUT2D eigenvalue weighted by Gasteiger charge is -2.22. The molecule has 0 bridgehead atoms. The maximum absolute atomic E-state index is 5.55. The predicted molar refractivity (Wildman–Crippen MR) is 74.4 cm³/mol. The molecule has 0 aromatic carbocycles. The molecule has 19 heavy (non-hydrogen) atoms. The van der Waals surface area contributed by atoms with Crippen LogP contribution in [0.15, 0.2) is 27.2 Å². The highest BCUT2D eigenvalue weighted by Gasteiger charge is 2.15. The Morgan fingerprint density at radius 1 is 1.47 bits per heavy atom. The summed E-state index contributed by atoms with van der Waals surface area (Å²) in [5.41, 5.74) is 0. The molecular weight excluding hydrogens is 264 g/mol. The Labute approximate surface area is 116 Å². The van der Waals surface area contributed by atoms with Crippen molar-refractivity contribution in [2.45, 2.75) is 19.9 Å². The Bertz CT molecular complexity index is 524. The number of furan rings is 1. The minimum atomic E-state index is 0.381. The molecule has 7 heteroatoms. The molecule has 0 saturated heterocycles. The summed E-state index contributed by atoms with van der Waals surface area (Å²) in [7, 11) is 1.80. The molecule has 0 amide bonds. The summed E-state index contributed by atoms with van der Waals surface area (Å²) < 4.78 is 10.8. The summed E-state index contributed by atoms with van der Waals surface area (Å²) in [5, 5.41) is 11.6. The van der Waals surface area contributed by atoms with Gasteiger partial charge in [-0.3, -0.25) is 0 Å². The van der Waals surface area contributed by atoms with Crippen LogP contribution in [0.3, 0.4) is 0 Å². The SMILES string of the molecule is CCCN(Cc1nnc(-c2ccco2)o1)C(=S)NC. The molecule has 102 valence electrons. The highest BCUT2D eigenvalue weighted by atomic mass is 32.1. The lowest BCUT2D eigenvalue weighted by Crippen LogP contribution is -2.37. The van der Waals surface area contributed by atoms with Crippen LogP contribution in [-0.2, 0) is 6.54 Å². The largest absolute Gasteiger partial charge is 0.459 e. The fraction of sp³-hybridized carbons (Fsp3) is 0.417. The summed E-state index contributed by atoms with van der Waals surface area (Å²) >= 11 is 5.23. The molecule has 0 spiro atoms. The maximum Gasteiger partial charge on any atom is 0.283 e. The van der Waals surface area contributed by atoms with Crippen molar-refractivity contribution in [3.8, 4) is 11.7 Å². The lowest BCUT2D eigenvalue weighted by atomic mass is 10.4. The first-order valence-electron chi connectivity index (χ1n) is 6.07. The van der Waals surface area contributed by atoms with Crippen LogP contribution in [-0.4, -0.2) is 33.8 Å². The van der Waals surface area contributed by atoms with Gasteiger partial charge in [0.1, 0.15) is 0 Å². The predicted octanol–water partition coefficient (Wildman–Crippen LogP) is 2.05. The van der Waals surface area contributed by atoms with E-state index in [1.165, 1.54) is 0 Å². The smallest absolute Gasteiger partial charge is 0.283 e. The van der Waals surface area contributed by atoms with Crippen LogP contribution in [0.2, 0.25) is 0 Å². The zero-order valence-electron chi connectivity index (χ0n) is 10.9. The van der Waals surface area contributed by atoms with E-state index in [1.54, 1.807) is 25.4 Å². The second-order valence-electron chi connectivity index (χ2n) is 3.95. The standard InChI is InChI=1S/C12H16N4O2S/c1-3-6-16(12(19)13-2)8-10-14-15-11(18-10)9-5-4-7-17-9/h4-5,7H,3,6,8H2,1-2H3,(H,13,19). The topological polar surface area (TPSA) is 67.3 Å². The molecule has 0 aliphatic heterocycles. The normalized spacial score (nSPS) is 10.4. The average molecular weight is 280 g/mol. The van der Waals surface area contributed by atoms with Crippen LogP contribution in [0.5, 0.6) is 0 Å². The van der Waals surface area contributed by atoms with Gasteiger partial charge >= 0.3 is 0 Å². The number of nitrogens with one attached hydrogen (secondary N) is 1. The van der Waals surface area contributed by atoms with E-state index in [1.807, 2.05) is 4.90 Å². The molecule has 2 aromatic rings. The van der Waals surface area contributed by atoms with Gasteiger partial charge in [0.25, 0.3) is 5.89 Å². The molecule has 0 radical (unpaired) electrons. The van der Waals surface area contributed by atoms with E-state index >= 15 is 0 Å². The van der Waals surface area contributed by atoms with Gasteiger partial charge in [-0.05, 0) is 30.8 Å². The number of aromatic nitrogens is 2. The van der Waals surface area contributed by atoms with Crippen molar-refractivity contribution in [2.24, 2.45) is 0 Å². The zero-order valence-corrected chi connectivity index (χ0v) is 11.7. The Morgan fingerprint density at radius 3 is 2.95 bits per heavy atom. The van der Waals surface area contributed by atoms with E-state index in [-0.39, 0.29) is 0 Å². The van der Waals surface area contributed by atoms with Gasteiger partial charge in [0.2, 0.25) is 5.89 Å². The van der Waals surface area contributed by atoms with E-state index in [9.17, 15) is 0 Å². The summed E-state index contributed by atoms with van der Waals surface area (Å²) in [6.07, 6.45) is 2.56. The molecule has 2 rings (SSSR count). The number of rotatable bonds is 5. The molecular formula is C12H16N4O2S. The minimum absolute atomic E-state index is 0.381. The number of thiocarbonyl (C=S) groups is 1. The van der Waals surface area contributed by atoms with Crippen LogP contribution in [0, 0.1) is 0 Å². The second-order valence-corrected chi connectivity index (χ2v) is 4.34. The molecule has 2 heterocycles. The zero-order chi connectivity index (χ0) is 13.7. The summed E-state index contributed by atoms with van der Waals surface area (Å²) in [4.78, 5) is 1.98. The van der Waals surface area contributed by atoms with Gasteiger partial charge < -0.3 is 19.1 Å². The van der Waals surface area contributed by atoms with E-state index in [2.05, 4.69) is 22.4 Å². The first-order chi connectivity index (χ1) is 9.24. The van der Waals surface area contributed by atoms with Gasteiger partial charge in [-0.1, -0.05) is 6.92 Å². The quantitative estimate of drug-likeness (QED) is 0.841. The van der Waals surface area contributed by atoms with Gasteiger partial charge in [0.05, 0.1) is 12.8 Å². The first-order valence-corrected chi connectivity index (χ1v) is 6.48. The molecule has 0 aliphatic carbocycles. The van der Waals surface area contributed by atoms with Crippen molar-refractivity contribution in [3.63, 3.8) is 0 Å².